The number of hydrogen-bond donors (Lipinski definition) is 0. The molecule has 3 nitrogen and oxygen atoms in total. The van der Waals surface area contributed by atoms with Gasteiger partial charge in [-0.05, 0) is 22.0 Å². The maximum absolute atomic E-state index is 13.2. The van der Waals surface area contributed by atoms with E-state index in [0.29, 0.717) is 4.47 Å². The molecule has 0 amide bonds. The van der Waals surface area contributed by atoms with Gasteiger partial charge in [-0.25, -0.2) is 4.39 Å². The normalized spacial score (nSPS) is 10.4. The van der Waals surface area contributed by atoms with E-state index >= 15 is 0 Å². The quantitative estimate of drug-likeness (QED) is 0.758. The average molecular weight is 338 g/mol. The lowest BCUT2D eigenvalue weighted by Crippen LogP contribution is -1.91. The number of ether oxygens (including phenoxy) is 1. The second kappa shape index (κ2) is 5.16. The van der Waals surface area contributed by atoms with E-state index in [9.17, 15) is 4.39 Å². The van der Waals surface area contributed by atoms with Crippen molar-refractivity contribution in [1.29, 1.82) is 0 Å². The third-order valence-corrected chi connectivity index (χ3v) is 2.86. The minimum atomic E-state index is -0.583. The van der Waals surface area contributed by atoms with Gasteiger partial charge in [0.1, 0.15) is 11.6 Å². The van der Waals surface area contributed by atoms with E-state index in [1.165, 1.54) is 18.5 Å². The van der Waals surface area contributed by atoms with Crippen molar-refractivity contribution in [2.45, 2.75) is 0 Å². The SMILES string of the molecule is Fc1cc(Oc2cncc(Cl)n2)c(Br)cc1Cl. The summed E-state index contributed by atoms with van der Waals surface area (Å²) in [5, 5.41) is 0.189. The lowest BCUT2D eigenvalue weighted by atomic mass is 10.3. The molecule has 0 radical (unpaired) electrons. The Bertz CT molecular complexity index is 568. The molecule has 88 valence electrons. The minimum absolute atomic E-state index is 0.00130. The first-order valence-electron chi connectivity index (χ1n) is 4.36. The Kier molecular flexibility index (Phi) is 3.81. The number of aromatic nitrogens is 2. The van der Waals surface area contributed by atoms with Crippen LogP contribution in [0.15, 0.2) is 29.0 Å². The highest BCUT2D eigenvalue weighted by Crippen LogP contribution is 2.33. The summed E-state index contributed by atoms with van der Waals surface area (Å²) in [5.74, 6) is -0.178. The van der Waals surface area contributed by atoms with Gasteiger partial charge in [0, 0.05) is 6.07 Å². The van der Waals surface area contributed by atoms with Crippen molar-refractivity contribution < 1.29 is 9.13 Å². The van der Waals surface area contributed by atoms with Crippen molar-refractivity contribution >= 4 is 39.1 Å². The van der Waals surface area contributed by atoms with Crippen molar-refractivity contribution in [3.63, 3.8) is 0 Å². The van der Waals surface area contributed by atoms with Crippen molar-refractivity contribution in [2.75, 3.05) is 0 Å². The van der Waals surface area contributed by atoms with Crippen LogP contribution in [0.3, 0.4) is 0 Å². The van der Waals surface area contributed by atoms with Crippen molar-refractivity contribution in [2.24, 2.45) is 0 Å². The van der Waals surface area contributed by atoms with Crippen LogP contribution in [-0.2, 0) is 0 Å². The number of hydrogen-bond acceptors (Lipinski definition) is 3. The molecule has 17 heavy (non-hydrogen) atoms. The van der Waals surface area contributed by atoms with Gasteiger partial charge in [-0.2, -0.15) is 4.98 Å². The molecule has 0 bridgehead atoms. The van der Waals surface area contributed by atoms with E-state index in [0.717, 1.165) is 6.07 Å². The molecular weight excluding hydrogens is 334 g/mol. The molecule has 0 aliphatic heterocycles. The molecule has 1 heterocycles. The molecule has 0 saturated heterocycles. The molecule has 1 aromatic carbocycles. The van der Waals surface area contributed by atoms with Gasteiger partial charge >= 0.3 is 0 Å². The predicted octanol–water partition coefficient (Wildman–Crippen LogP) is 4.48. The minimum Gasteiger partial charge on any atom is -0.436 e. The van der Waals surface area contributed by atoms with E-state index in [1.807, 2.05) is 0 Å². The highest BCUT2D eigenvalue weighted by Gasteiger charge is 2.09. The van der Waals surface area contributed by atoms with Gasteiger partial charge in [0.2, 0.25) is 5.88 Å². The summed E-state index contributed by atoms with van der Waals surface area (Å²) in [7, 11) is 0. The number of benzene rings is 1. The van der Waals surface area contributed by atoms with Crippen LogP contribution in [0.5, 0.6) is 11.6 Å². The summed E-state index contributed by atoms with van der Waals surface area (Å²) in [5.41, 5.74) is 0. The topological polar surface area (TPSA) is 35.0 Å². The number of halogens is 4. The first-order chi connectivity index (χ1) is 8.06. The first kappa shape index (κ1) is 12.5. The smallest absolute Gasteiger partial charge is 0.239 e. The van der Waals surface area contributed by atoms with Gasteiger partial charge in [0.05, 0.1) is 21.9 Å². The zero-order valence-corrected chi connectivity index (χ0v) is 11.2. The van der Waals surface area contributed by atoms with Crippen molar-refractivity contribution in [3.05, 3.63) is 45.0 Å². The molecule has 7 heteroatoms. The van der Waals surface area contributed by atoms with Crippen LogP contribution in [0.1, 0.15) is 0 Å². The second-order valence-electron chi connectivity index (χ2n) is 2.98. The Labute approximate surface area is 115 Å². The molecule has 0 spiro atoms. The fraction of sp³-hybridized carbons (Fsp3) is 0. The number of nitrogens with zero attached hydrogens (tertiary/aromatic N) is 2. The maximum atomic E-state index is 13.2. The maximum Gasteiger partial charge on any atom is 0.239 e. The van der Waals surface area contributed by atoms with Crippen LogP contribution < -0.4 is 4.74 Å². The first-order valence-corrected chi connectivity index (χ1v) is 5.91. The highest BCUT2D eigenvalue weighted by molar-refractivity contribution is 9.10. The molecule has 0 unspecified atom stereocenters. The van der Waals surface area contributed by atoms with Crippen LogP contribution in [0.25, 0.3) is 0 Å². The molecule has 0 N–H and O–H groups in total. The zero-order valence-electron chi connectivity index (χ0n) is 8.12. The van der Waals surface area contributed by atoms with E-state index < -0.39 is 5.82 Å². The van der Waals surface area contributed by atoms with Gasteiger partial charge < -0.3 is 4.74 Å². The zero-order chi connectivity index (χ0) is 12.4. The van der Waals surface area contributed by atoms with Gasteiger partial charge in [-0.15, -0.1) is 0 Å². The Morgan fingerprint density at radius 3 is 2.71 bits per heavy atom. The van der Waals surface area contributed by atoms with E-state index in [2.05, 4.69) is 25.9 Å². The lowest BCUT2D eigenvalue weighted by Gasteiger charge is -2.07. The van der Waals surface area contributed by atoms with Crippen molar-refractivity contribution in [1.82, 2.24) is 9.97 Å². The van der Waals surface area contributed by atoms with Gasteiger partial charge in [-0.1, -0.05) is 23.2 Å². The van der Waals surface area contributed by atoms with Crippen LogP contribution in [0, 0.1) is 5.82 Å². The Hall–Kier alpha value is -0.910. The molecule has 0 fully saturated rings. The molecular formula is C10H4BrCl2FN2O. The van der Waals surface area contributed by atoms with Gasteiger partial charge in [0.25, 0.3) is 0 Å². The fourth-order valence-corrected chi connectivity index (χ4v) is 1.93. The van der Waals surface area contributed by atoms with Crippen LogP contribution in [0.4, 0.5) is 4.39 Å². The van der Waals surface area contributed by atoms with Crippen LogP contribution >= 0.6 is 39.1 Å². The fourth-order valence-electron chi connectivity index (χ4n) is 1.07. The summed E-state index contributed by atoms with van der Waals surface area (Å²) in [4.78, 5) is 7.66. The molecule has 0 atom stereocenters. The molecule has 2 rings (SSSR count). The molecule has 2 aromatic rings. The van der Waals surface area contributed by atoms with E-state index in [4.69, 9.17) is 27.9 Å². The Balaban J connectivity index is 2.33. The summed E-state index contributed by atoms with van der Waals surface area (Å²) in [6.45, 7) is 0. The third-order valence-electron chi connectivity index (χ3n) is 1.77. The summed E-state index contributed by atoms with van der Waals surface area (Å²) in [6.07, 6.45) is 2.73. The lowest BCUT2D eigenvalue weighted by molar-refractivity contribution is 0.452. The average Bonchev–Trinajstić information content (AvgIpc) is 2.26. The largest absolute Gasteiger partial charge is 0.436 e. The van der Waals surface area contributed by atoms with Gasteiger partial charge in [0.15, 0.2) is 5.15 Å². The second-order valence-corrected chi connectivity index (χ2v) is 4.63. The molecule has 1 aromatic heterocycles. The Morgan fingerprint density at radius 2 is 2.00 bits per heavy atom. The van der Waals surface area contributed by atoms with E-state index in [1.54, 1.807) is 0 Å². The summed E-state index contributed by atoms with van der Waals surface area (Å²) in [6, 6.07) is 2.54. The van der Waals surface area contributed by atoms with Gasteiger partial charge in [-0.3, -0.25) is 4.98 Å². The summed E-state index contributed by atoms with van der Waals surface area (Å²) >= 11 is 14.5. The Morgan fingerprint density at radius 1 is 1.24 bits per heavy atom. The monoisotopic (exact) mass is 336 g/mol. The molecule has 0 saturated carbocycles. The standard InChI is InChI=1S/C10H4BrCl2FN2O/c11-5-1-6(12)7(14)2-8(5)17-10-4-15-3-9(13)16-10/h1-4H. The molecule has 0 aliphatic rings. The van der Waals surface area contributed by atoms with E-state index in [-0.39, 0.29) is 21.8 Å². The predicted molar refractivity (Wildman–Crippen MR) is 66.2 cm³/mol. The highest BCUT2D eigenvalue weighted by atomic mass is 79.9. The van der Waals surface area contributed by atoms with Crippen LogP contribution in [-0.4, -0.2) is 9.97 Å². The third kappa shape index (κ3) is 3.06. The molecule has 0 aliphatic carbocycles. The van der Waals surface area contributed by atoms with Crippen molar-refractivity contribution in [3.8, 4) is 11.6 Å². The number of rotatable bonds is 2. The van der Waals surface area contributed by atoms with Crippen LogP contribution in [0.2, 0.25) is 10.2 Å². The summed E-state index contributed by atoms with van der Waals surface area (Å²) < 4.78 is 19.1.